The third-order valence-electron chi connectivity index (χ3n) is 7.34. The Balaban J connectivity index is 1.56. The van der Waals surface area contributed by atoms with E-state index >= 15 is 0 Å². The number of carbonyl (C=O) groups is 2. The van der Waals surface area contributed by atoms with E-state index in [1.807, 2.05) is 52.0 Å². The minimum atomic E-state index is -0.686. The molecule has 1 aromatic heterocycles. The highest BCUT2D eigenvalue weighted by molar-refractivity contribution is 6.07. The minimum absolute atomic E-state index is 0.158. The summed E-state index contributed by atoms with van der Waals surface area (Å²) >= 11 is 0. The van der Waals surface area contributed by atoms with Crippen LogP contribution in [0.2, 0.25) is 0 Å². The third kappa shape index (κ3) is 6.01. The molecule has 40 heavy (non-hydrogen) atoms. The number of hydrogen-bond acceptors (Lipinski definition) is 7. The number of aromatic nitrogens is 1. The summed E-state index contributed by atoms with van der Waals surface area (Å²) in [5.74, 6) is 0.517. The van der Waals surface area contributed by atoms with Crippen LogP contribution in [-0.2, 0) is 17.8 Å². The molecule has 2 aliphatic heterocycles. The normalized spacial score (nSPS) is 16.3. The molecule has 0 atom stereocenters. The van der Waals surface area contributed by atoms with Crippen LogP contribution in [0.5, 0.6) is 5.75 Å². The largest absolute Gasteiger partial charge is 0.494 e. The Morgan fingerprint density at radius 3 is 2.50 bits per heavy atom. The SMILES string of the molecule is CCCOc1cc2c(c(-c3cc4cc(CN5CCN(CCO)CC5)ccc4n3C(=O)OC(C)(C)C)c1)C(=O)NC2. The van der Waals surface area contributed by atoms with Crippen LogP contribution >= 0.6 is 0 Å². The number of aliphatic hydroxyl groups is 1. The fourth-order valence-electron chi connectivity index (χ4n) is 5.49. The van der Waals surface area contributed by atoms with Crippen LogP contribution in [0.25, 0.3) is 22.2 Å². The summed E-state index contributed by atoms with van der Waals surface area (Å²) in [6.07, 6.45) is 0.374. The zero-order valence-electron chi connectivity index (χ0n) is 24.0. The molecule has 214 valence electrons. The van der Waals surface area contributed by atoms with E-state index in [1.165, 1.54) is 0 Å². The first-order valence-electron chi connectivity index (χ1n) is 14.2. The average molecular weight is 549 g/mol. The van der Waals surface area contributed by atoms with Gasteiger partial charge in [-0.05, 0) is 68.7 Å². The Bertz CT molecular complexity index is 1400. The van der Waals surface area contributed by atoms with Gasteiger partial charge < -0.3 is 19.9 Å². The first kappa shape index (κ1) is 28.1. The van der Waals surface area contributed by atoms with Crippen molar-refractivity contribution in [3.63, 3.8) is 0 Å². The number of β-amino-alcohol motifs (C(OH)–C–C–N with tert-alkyl or cyclic N) is 1. The molecule has 0 unspecified atom stereocenters. The van der Waals surface area contributed by atoms with Crippen LogP contribution in [0.15, 0.2) is 36.4 Å². The molecule has 1 saturated heterocycles. The molecule has 2 aromatic carbocycles. The van der Waals surface area contributed by atoms with Crippen LogP contribution in [0, 0.1) is 0 Å². The van der Waals surface area contributed by atoms with Crippen molar-refractivity contribution in [1.29, 1.82) is 0 Å². The van der Waals surface area contributed by atoms with Gasteiger partial charge in [-0.1, -0.05) is 13.0 Å². The molecular weight excluding hydrogens is 508 g/mol. The molecule has 0 bridgehead atoms. The smallest absolute Gasteiger partial charge is 0.419 e. The standard InChI is InChI=1S/C31H40N4O5/c1-5-14-39-24-16-23-19-32-29(37)28(23)25(18-24)27-17-22-15-21(20-34-10-8-33(9-11-34)12-13-36)6-7-26(22)35(27)30(38)40-31(2,3)4/h6-7,15-18,36H,5,8-14,19-20H2,1-4H3,(H,32,37). The number of ether oxygens (including phenoxy) is 2. The number of benzene rings is 2. The molecule has 0 aliphatic carbocycles. The van der Waals surface area contributed by atoms with Crippen LogP contribution in [0.4, 0.5) is 4.79 Å². The number of amides is 1. The van der Waals surface area contributed by atoms with Gasteiger partial charge in [-0.25, -0.2) is 9.36 Å². The molecule has 5 rings (SSSR count). The second-order valence-electron chi connectivity index (χ2n) is 11.6. The van der Waals surface area contributed by atoms with Gasteiger partial charge in [-0.15, -0.1) is 0 Å². The summed E-state index contributed by atoms with van der Waals surface area (Å²) in [7, 11) is 0. The predicted molar refractivity (Wildman–Crippen MR) is 155 cm³/mol. The maximum Gasteiger partial charge on any atom is 0.419 e. The highest BCUT2D eigenvalue weighted by Crippen LogP contribution is 2.37. The Morgan fingerprint density at radius 1 is 1.05 bits per heavy atom. The molecule has 9 nitrogen and oxygen atoms in total. The molecule has 2 N–H and O–H groups in total. The first-order chi connectivity index (χ1) is 19.2. The average Bonchev–Trinajstić information content (AvgIpc) is 3.47. The van der Waals surface area contributed by atoms with Gasteiger partial charge in [0.05, 0.1) is 30.0 Å². The lowest BCUT2D eigenvalue weighted by Gasteiger charge is -2.34. The number of rotatable bonds is 8. The second-order valence-corrected chi connectivity index (χ2v) is 11.6. The lowest BCUT2D eigenvalue weighted by Crippen LogP contribution is -2.46. The molecule has 2 aliphatic rings. The van der Waals surface area contributed by atoms with Crippen LogP contribution in [0.1, 0.15) is 55.6 Å². The van der Waals surface area contributed by atoms with Gasteiger partial charge in [0.15, 0.2) is 0 Å². The van der Waals surface area contributed by atoms with Crippen molar-refractivity contribution >= 4 is 22.9 Å². The Kier molecular flexibility index (Phi) is 8.16. The van der Waals surface area contributed by atoms with Gasteiger partial charge in [-0.2, -0.15) is 0 Å². The fourth-order valence-corrected chi connectivity index (χ4v) is 5.49. The topological polar surface area (TPSA) is 96.3 Å². The number of nitrogens with one attached hydrogen (secondary N) is 1. The number of fused-ring (bicyclic) bond motifs is 2. The summed E-state index contributed by atoms with van der Waals surface area (Å²) in [6, 6.07) is 11.9. The zero-order chi connectivity index (χ0) is 28.4. The highest BCUT2D eigenvalue weighted by atomic mass is 16.6. The lowest BCUT2D eigenvalue weighted by atomic mass is 9.99. The summed E-state index contributed by atoms with van der Waals surface area (Å²) in [5, 5.41) is 13.1. The first-order valence-corrected chi connectivity index (χ1v) is 14.2. The van der Waals surface area contributed by atoms with E-state index in [0.29, 0.717) is 42.3 Å². The van der Waals surface area contributed by atoms with Gasteiger partial charge in [0, 0.05) is 56.8 Å². The van der Waals surface area contributed by atoms with Crippen molar-refractivity contribution in [2.24, 2.45) is 0 Å². The monoisotopic (exact) mass is 548 g/mol. The van der Waals surface area contributed by atoms with Crippen molar-refractivity contribution in [3.8, 4) is 17.0 Å². The van der Waals surface area contributed by atoms with Crippen molar-refractivity contribution in [1.82, 2.24) is 19.7 Å². The molecule has 0 spiro atoms. The molecule has 3 heterocycles. The number of aliphatic hydroxyl groups excluding tert-OH is 1. The van der Waals surface area contributed by atoms with E-state index in [0.717, 1.165) is 61.2 Å². The number of hydrogen-bond donors (Lipinski definition) is 2. The molecule has 1 fully saturated rings. The molecule has 1 amide bonds. The summed E-state index contributed by atoms with van der Waals surface area (Å²) in [4.78, 5) is 31.3. The molecular formula is C31H40N4O5. The molecule has 3 aromatic rings. The van der Waals surface area contributed by atoms with Gasteiger partial charge in [0.2, 0.25) is 0 Å². The van der Waals surface area contributed by atoms with Gasteiger partial charge >= 0.3 is 6.09 Å². The quantitative estimate of drug-likeness (QED) is 0.435. The summed E-state index contributed by atoms with van der Waals surface area (Å²) in [6.45, 7) is 14.0. The van der Waals surface area contributed by atoms with Gasteiger partial charge in [0.1, 0.15) is 11.4 Å². The summed E-state index contributed by atoms with van der Waals surface area (Å²) < 4.78 is 13.4. The van der Waals surface area contributed by atoms with Gasteiger partial charge in [-0.3, -0.25) is 14.6 Å². The number of piperazine rings is 1. The second kappa shape index (κ2) is 11.6. The number of nitrogens with zero attached hydrogens (tertiary/aromatic N) is 3. The molecule has 0 radical (unpaired) electrons. The lowest BCUT2D eigenvalue weighted by molar-refractivity contribution is 0.0546. The van der Waals surface area contributed by atoms with E-state index in [-0.39, 0.29) is 12.5 Å². The Morgan fingerprint density at radius 2 is 1.80 bits per heavy atom. The van der Waals surface area contributed by atoms with Gasteiger partial charge in [0.25, 0.3) is 5.91 Å². The number of carbonyl (C=O) groups excluding carboxylic acids is 2. The summed E-state index contributed by atoms with van der Waals surface area (Å²) in [5.41, 5.74) is 3.88. The molecule has 0 saturated carbocycles. The maximum atomic E-state index is 13.6. The zero-order valence-corrected chi connectivity index (χ0v) is 24.0. The minimum Gasteiger partial charge on any atom is -0.494 e. The van der Waals surface area contributed by atoms with E-state index in [1.54, 1.807) is 4.57 Å². The Hall–Kier alpha value is -3.40. The van der Waals surface area contributed by atoms with E-state index in [9.17, 15) is 14.7 Å². The van der Waals surface area contributed by atoms with Crippen LogP contribution in [-0.4, -0.2) is 83.0 Å². The molecule has 9 heteroatoms. The van der Waals surface area contributed by atoms with Crippen LogP contribution < -0.4 is 10.1 Å². The highest BCUT2D eigenvalue weighted by Gasteiger charge is 2.30. The van der Waals surface area contributed by atoms with Crippen molar-refractivity contribution < 1.29 is 24.2 Å². The predicted octanol–water partition coefficient (Wildman–Crippen LogP) is 4.23. The third-order valence-corrected chi connectivity index (χ3v) is 7.34. The fraction of sp³-hybridized carbons (Fsp3) is 0.484. The van der Waals surface area contributed by atoms with Crippen molar-refractivity contribution in [2.75, 3.05) is 45.9 Å². The van der Waals surface area contributed by atoms with E-state index in [4.69, 9.17) is 9.47 Å². The Labute approximate surface area is 235 Å². The van der Waals surface area contributed by atoms with Crippen LogP contribution in [0.3, 0.4) is 0 Å². The maximum absolute atomic E-state index is 13.6. The van der Waals surface area contributed by atoms with Crippen molar-refractivity contribution in [2.45, 2.75) is 52.8 Å². The van der Waals surface area contributed by atoms with E-state index < -0.39 is 11.7 Å². The van der Waals surface area contributed by atoms with E-state index in [2.05, 4.69) is 27.2 Å². The van der Waals surface area contributed by atoms with Crippen molar-refractivity contribution in [3.05, 3.63) is 53.1 Å².